The van der Waals surface area contributed by atoms with Gasteiger partial charge in [-0.25, -0.2) is 4.79 Å². The van der Waals surface area contributed by atoms with Gasteiger partial charge in [-0.1, -0.05) is 67.1 Å². The molecule has 0 spiro atoms. The molecule has 40 heavy (non-hydrogen) atoms. The Labute approximate surface area is 242 Å². The molecule has 0 bridgehead atoms. The smallest absolute Gasteiger partial charge is 0.341 e. The number of thiophene rings is 2. The van der Waals surface area contributed by atoms with Crippen LogP contribution in [0.1, 0.15) is 57.0 Å². The average Bonchev–Trinajstić information content (AvgIpc) is 3.55. The van der Waals surface area contributed by atoms with E-state index in [4.69, 9.17) is 9.47 Å². The van der Waals surface area contributed by atoms with Crippen LogP contribution < -0.4 is 10.1 Å². The van der Waals surface area contributed by atoms with Crippen molar-refractivity contribution in [3.8, 4) is 16.9 Å². The van der Waals surface area contributed by atoms with E-state index >= 15 is 0 Å². The SMILES string of the molecule is CCCOc1ccc(-c2csc(NC(=O)c3sc4ccccc4c3Cc3ccc(C)cc3)c2C(=O)OCC)cc1. The van der Waals surface area contributed by atoms with Gasteiger partial charge in [-0.05, 0) is 67.0 Å². The summed E-state index contributed by atoms with van der Waals surface area (Å²) in [5.74, 6) is 0.0834. The first kappa shape index (κ1) is 27.6. The van der Waals surface area contributed by atoms with Crippen LogP contribution in [-0.4, -0.2) is 25.1 Å². The molecule has 0 radical (unpaired) electrons. The molecule has 5 aromatic rings. The Hall–Kier alpha value is -3.94. The van der Waals surface area contributed by atoms with E-state index in [1.165, 1.54) is 28.2 Å². The first-order valence-corrected chi connectivity index (χ1v) is 15.1. The number of ether oxygens (including phenoxy) is 2. The quantitative estimate of drug-likeness (QED) is 0.171. The molecule has 2 aromatic heterocycles. The van der Waals surface area contributed by atoms with E-state index in [2.05, 4.69) is 49.5 Å². The zero-order chi connectivity index (χ0) is 28.1. The normalized spacial score (nSPS) is 11.0. The van der Waals surface area contributed by atoms with Gasteiger partial charge in [0.1, 0.15) is 16.3 Å². The molecule has 0 fully saturated rings. The Morgan fingerprint density at radius 2 is 1.68 bits per heavy atom. The zero-order valence-electron chi connectivity index (χ0n) is 22.8. The molecule has 3 aromatic carbocycles. The molecular weight excluding hydrogens is 539 g/mol. The summed E-state index contributed by atoms with van der Waals surface area (Å²) in [6.45, 7) is 6.78. The van der Waals surface area contributed by atoms with Crippen LogP contribution >= 0.6 is 22.7 Å². The van der Waals surface area contributed by atoms with E-state index in [0.717, 1.165) is 44.5 Å². The van der Waals surface area contributed by atoms with Gasteiger partial charge in [-0.15, -0.1) is 22.7 Å². The second kappa shape index (κ2) is 12.5. The highest BCUT2D eigenvalue weighted by molar-refractivity contribution is 7.21. The van der Waals surface area contributed by atoms with Gasteiger partial charge in [0.15, 0.2) is 0 Å². The number of aryl methyl sites for hydroxylation is 1. The Kier molecular flexibility index (Phi) is 8.63. The molecule has 204 valence electrons. The Morgan fingerprint density at radius 1 is 0.925 bits per heavy atom. The van der Waals surface area contributed by atoms with Crippen LogP contribution in [0.5, 0.6) is 5.75 Å². The van der Waals surface area contributed by atoms with E-state index in [1.807, 2.05) is 47.8 Å². The lowest BCUT2D eigenvalue weighted by Gasteiger charge is -2.10. The standard InChI is InChI=1S/C33H31NO4S2/c1-4-18-38-24-16-14-23(15-17-24)27-20-39-32(29(27)33(36)37-5-2)34-31(35)30-26(19-22-12-10-21(3)11-13-22)25-8-6-7-9-28(25)40-30/h6-17,20H,4-5,18-19H2,1-3H3,(H,34,35). The molecule has 7 heteroatoms. The second-order valence-corrected chi connectivity index (χ2v) is 11.4. The minimum absolute atomic E-state index is 0.231. The van der Waals surface area contributed by atoms with Crippen molar-refractivity contribution in [2.24, 2.45) is 0 Å². The summed E-state index contributed by atoms with van der Waals surface area (Å²) in [5, 5.41) is 6.49. The number of hydrogen-bond donors (Lipinski definition) is 1. The average molecular weight is 570 g/mol. The highest BCUT2D eigenvalue weighted by Crippen LogP contribution is 2.39. The molecule has 5 nitrogen and oxygen atoms in total. The third-order valence-corrected chi connectivity index (χ3v) is 8.65. The van der Waals surface area contributed by atoms with E-state index < -0.39 is 5.97 Å². The lowest BCUT2D eigenvalue weighted by molar-refractivity contribution is 0.0529. The van der Waals surface area contributed by atoms with Crippen molar-refractivity contribution < 1.29 is 19.1 Å². The topological polar surface area (TPSA) is 64.6 Å². The minimum atomic E-state index is -0.462. The molecule has 0 saturated carbocycles. The van der Waals surface area contributed by atoms with Gasteiger partial charge in [0.25, 0.3) is 5.91 Å². The maximum atomic E-state index is 13.8. The van der Waals surface area contributed by atoms with Gasteiger partial charge in [0.05, 0.1) is 18.1 Å². The van der Waals surface area contributed by atoms with Gasteiger partial charge in [0, 0.05) is 15.6 Å². The van der Waals surface area contributed by atoms with Crippen LogP contribution in [0.15, 0.2) is 78.2 Å². The van der Waals surface area contributed by atoms with Crippen molar-refractivity contribution in [1.82, 2.24) is 0 Å². The molecule has 1 amide bonds. The fourth-order valence-corrected chi connectivity index (χ4v) is 6.62. The molecule has 0 saturated heterocycles. The van der Waals surface area contributed by atoms with Crippen LogP contribution in [0.25, 0.3) is 21.2 Å². The van der Waals surface area contributed by atoms with Gasteiger partial charge < -0.3 is 14.8 Å². The highest BCUT2D eigenvalue weighted by Gasteiger charge is 2.25. The lowest BCUT2D eigenvalue weighted by Crippen LogP contribution is -2.15. The summed E-state index contributed by atoms with van der Waals surface area (Å²) < 4.78 is 12.2. The van der Waals surface area contributed by atoms with E-state index in [0.29, 0.717) is 28.5 Å². The molecule has 1 N–H and O–H groups in total. The molecule has 0 aliphatic rings. The Morgan fingerprint density at radius 3 is 2.40 bits per heavy atom. The Bertz CT molecular complexity index is 1630. The van der Waals surface area contributed by atoms with Crippen LogP contribution in [0.4, 0.5) is 5.00 Å². The van der Waals surface area contributed by atoms with E-state index in [1.54, 1.807) is 6.92 Å². The predicted octanol–water partition coefficient (Wildman–Crippen LogP) is 8.75. The van der Waals surface area contributed by atoms with Gasteiger partial charge >= 0.3 is 5.97 Å². The van der Waals surface area contributed by atoms with Crippen molar-refractivity contribution in [2.45, 2.75) is 33.6 Å². The number of esters is 1. The van der Waals surface area contributed by atoms with Crippen molar-refractivity contribution in [3.05, 3.63) is 105 Å². The van der Waals surface area contributed by atoms with Gasteiger partial charge in [-0.3, -0.25) is 4.79 Å². The van der Waals surface area contributed by atoms with Crippen LogP contribution in [0.2, 0.25) is 0 Å². The summed E-state index contributed by atoms with van der Waals surface area (Å²) in [7, 11) is 0. The fraction of sp³-hybridized carbons (Fsp3) is 0.212. The summed E-state index contributed by atoms with van der Waals surface area (Å²) in [6, 6.07) is 24.1. The van der Waals surface area contributed by atoms with Crippen molar-refractivity contribution in [1.29, 1.82) is 0 Å². The van der Waals surface area contributed by atoms with Crippen molar-refractivity contribution >= 4 is 49.6 Å². The number of anilines is 1. The third-order valence-electron chi connectivity index (χ3n) is 6.54. The highest BCUT2D eigenvalue weighted by atomic mass is 32.1. The van der Waals surface area contributed by atoms with Crippen molar-refractivity contribution in [2.75, 3.05) is 18.5 Å². The first-order valence-electron chi connectivity index (χ1n) is 13.4. The number of hydrogen-bond acceptors (Lipinski definition) is 6. The predicted molar refractivity (Wildman–Crippen MR) is 165 cm³/mol. The molecule has 0 unspecified atom stereocenters. The summed E-state index contributed by atoms with van der Waals surface area (Å²) in [4.78, 5) is 27.6. The van der Waals surface area contributed by atoms with Crippen molar-refractivity contribution in [3.63, 3.8) is 0 Å². The van der Waals surface area contributed by atoms with Crippen LogP contribution in [0.3, 0.4) is 0 Å². The number of carbonyl (C=O) groups is 2. The van der Waals surface area contributed by atoms with Gasteiger partial charge in [-0.2, -0.15) is 0 Å². The summed E-state index contributed by atoms with van der Waals surface area (Å²) in [6.07, 6.45) is 1.56. The number of nitrogens with one attached hydrogen (secondary N) is 1. The van der Waals surface area contributed by atoms with Gasteiger partial charge in [0.2, 0.25) is 0 Å². The van der Waals surface area contributed by atoms with E-state index in [9.17, 15) is 9.59 Å². The minimum Gasteiger partial charge on any atom is -0.494 e. The number of fused-ring (bicyclic) bond motifs is 1. The summed E-state index contributed by atoms with van der Waals surface area (Å²) in [5.41, 5.74) is 5.26. The number of rotatable bonds is 10. The maximum Gasteiger partial charge on any atom is 0.341 e. The van der Waals surface area contributed by atoms with E-state index in [-0.39, 0.29) is 12.5 Å². The fourth-order valence-electron chi connectivity index (χ4n) is 4.55. The molecular formula is C33H31NO4S2. The molecule has 0 aliphatic heterocycles. The number of carbonyl (C=O) groups excluding carboxylic acids is 2. The molecule has 0 atom stereocenters. The maximum absolute atomic E-state index is 13.8. The second-order valence-electron chi connectivity index (χ2n) is 9.47. The van der Waals surface area contributed by atoms with Crippen LogP contribution in [0, 0.1) is 6.92 Å². The largest absolute Gasteiger partial charge is 0.494 e. The lowest BCUT2D eigenvalue weighted by atomic mass is 10.0. The summed E-state index contributed by atoms with van der Waals surface area (Å²) >= 11 is 2.80. The monoisotopic (exact) mass is 569 g/mol. The van der Waals surface area contributed by atoms with Crippen LogP contribution in [-0.2, 0) is 11.2 Å². The molecule has 5 rings (SSSR count). The number of amides is 1. The Balaban J connectivity index is 1.49. The molecule has 0 aliphatic carbocycles. The third kappa shape index (κ3) is 5.96. The first-order chi connectivity index (χ1) is 19.5. The zero-order valence-corrected chi connectivity index (χ0v) is 24.4. The molecule has 2 heterocycles. The number of benzene rings is 3.